The summed E-state index contributed by atoms with van der Waals surface area (Å²) in [5.74, 6) is 1.04. The van der Waals surface area contributed by atoms with Crippen molar-refractivity contribution in [3.8, 4) is 0 Å². The van der Waals surface area contributed by atoms with Gasteiger partial charge in [0.25, 0.3) is 0 Å². The minimum atomic E-state index is 0.204. The fraction of sp³-hybridized carbons (Fsp3) is 0.727. The molecule has 0 aromatic rings. The summed E-state index contributed by atoms with van der Waals surface area (Å²) in [7, 11) is 0. The Kier molecular flexibility index (Phi) is 2.38. The van der Waals surface area contributed by atoms with Gasteiger partial charge in [0.05, 0.1) is 0 Å². The molecule has 0 unspecified atom stereocenters. The van der Waals surface area contributed by atoms with E-state index in [1.807, 2.05) is 0 Å². The van der Waals surface area contributed by atoms with Gasteiger partial charge in [-0.05, 0) is 38.5 Å². The molecule has 0 spiro atoms. The Morgan fingerprint density at radius 1 is 1.38 bits per heavy atom. The van der Waals surface area contributed by atoms with Crippen molar-refractivity contribution in [1.29, 1.82) is 0 Å². The third-order valence-electron chi connectivity index (χ3n) is 2.99. The highest BCUT2D eigenvalue weighted by atomic mass is 16.1. The molecule has 2 nitrogen and oxygen atoms in total. The Balaban J connectivity index is 2.12. The zero-order chi connectivity index (χ0) is 9.26. The number of hydrogen-bond acceptors (Lipinski definition) is 1. The Morgan fingerprint density at radius 3 is 2.85 bits per heavy atom. The number of hydrogen-bond donors (Lipinski definition) is 1. The highest BCUT2D eigenvalue weighted by Crippen LogP contribution is 2.40. The van der Waals surface area contributed by atoms with E-state index < -0.39 is 0 Å². The molecule has 0 aromatic heterocycles. The molecular weight excluding hydrogens is 162 g/mol. The van der Waals surface area contributed by atoms with E-state index >= 15 is 0 Å². The fourth-order valence-electron chi connectivity index (χ4n) is 2.12. The average molecular weight is 179 g/mol. The molecule has 1 fully saturated rings. The maximum Gasteiger partial charge on any atom is 0.224 e. The monoisotopic (exact) mass is 179 g/mol. The number of carbonyl (C=O) groups is 1. The number of carbonyl (C=O) groups excluding carboxylic acids is 1. The molecule has 0 saturated heterocycles. The third-order valence-corrected chi connectivity index (χ3v) is 2.99. The van der Waals surface area contributed by atoms with Crippen LogP contribution in [0, 0.1) is 5.92 Å². The van der Waals surface area contributed by atoms with Crippen LogP contribution in [0.2, 0.25) is 0 Å². The lowest BCUT2D eigenvalue weighted by atomic mass is 9.96. The number of rotatable bonds is 1. The first-order valence-corrected chi connectivity index (χ1v) is 5.22. The second-order valence-electron chi connectivity index (χ2n) is 4.21. The lowest BCUT2D eigenvalue weighted by molar-refractivity contribution is -0.120. The summed E-state index contributed by atoms with van der Waals surface area (Å²) < 4.78 is 0. The van der Waals surface area contributed by atoms with Gasteiger partial charge in [-0.15, -0.1) is 0 Å². The maximum absolute atomic E-state index is 11.3. The molecule has 1 aliphatic heterocycles. The van der Waals surface area contributed by atoms with Crippen molar-refractivity contribution in [3.05, 3.63) is 11.1 Å². The van der Waals surface area contributed by atoms with E-state index in [4.69, 9.17) is 0 Å². The van der Waals surface area contributed by atoms with Crippen molar-refractivity contribution in [1.82, 2.24) is 5.32 Å². The van der Waals surface area contributed by atoms with E-state index in [2.05, 4.69) is 12.2 Å². The van der Waals surface area contributed by atoms with Gasteiger partial charge in [0, 0.05) is 13.0 Å². The second-order valence-corrected chi connectivity index (χ2v) is 4.21. The van der Waals surface area contributed by atoms with E-state index in [-0.39, 0.29) is 5.91 Å². The van der Waals surface area contributed by atoms with Crippen molar-refractivity contribution in [2.24, 2.45) is 5.92 Å². The first-order valence-electron chi connectivity index (χ1n) is 5.22. The molecule has 13 heavy (non-hydrogen) atoms. The van der Waals surface area contributed by atoms with Gasteiger partial charge in [0.15, 0.2) is 0 Å². The molecule has 0 atom stereocenters. The molecule has 0 radical (unpaired) electrons. The normalized spacial score (nSPS) is 30.7. The molecular formula is C11H17NO. The Hall–Kier alpha value is -0.790. The van der Waals surface area contributed by atoms with E-state index in [0.717, 1.165) is 18.9 Å². The summed E-state index contributed by atoms with van der Waals surface area (Å²) >= 11 is 0. The van der Waals surface area contributed by atoms with Gasteiger partial charge in [-0.3, -0.25) is 4.79 Å². The maximum atomic E-state index is 11.3. The number of allylic oxidation sites excluding steroid dienone is 1. The van der Waals surface area contributed by atoms with Crippen LogP contribution in [-0.4, -0.2) is 12.5 Å². The van der Waals surface area contributed by atoms with Crippen LogP contribution >= 0.6 is 0 Å². The first kappa shape index (κ1) is 8.79. The summed E-state index contributed by atoms with van der Waals surface area (Å²) in [6.45, 7) is 2.99. The SMILES string of the molecule is C/C1=C(/C2CC2)CCCNC(=O)C1. The molecule has 1 N–H and O–H groups in total. The van der Waals surface area contributed by atoms with Crippen LogP contribution < -0.4 is 5.32 Å². The molecule has 2 aliphatic rings. The van der Waals surface area contributed by atoms with Crippen molar-refractivity contribution in [3.63, 3.8) is 0 Å². The molecule has 1 saturated carbocycles. The summed E-state index contributed by atoms with van der Waals surface area (Å²) in [5.41, 5.74) is 2.93. The molecule has 2 heteroatoms. The molecule has 0 aromatic carbocycles. The van der Waals surface area contributed by atoms with Crippen molar-refractivity contribution < 1.29 is 4.79 Å². The van der Waals surface area contributed by atoms with Gasteiger partial charge < -0.3 is 5.32 Å². The smallest absolute Gasteiger partial charge is 0.224 e. The predicted molar refractivity (Wildman–Crippen MR) is 52.3 cm³/mol. The Labute approximate surface area is 79.4 Å². The van der Waals surface area contributed by atoms with Crippen LogP contribution in [0.15, 0.2) is 11.1 Å². The van der Waals surface area contributed by atoms with Crippen LogP contribution in [0.1, 0.15) is 39.0 Å². The number of nitrogens with one attached hydrogen (secondary N) is 1. The van der Waals surface area contributed by atoms with Crippen LogP contribution in [0.3, 0.4) is 0 Å². The predicted octanol–water partition coefficient (Wildman–Crippen LogP) is 2.01. The molecule has 1 aliphatic carbocycles. The van der Waals surface area contributed by atoms with Gasteiger partial charge >= 0.3 is 0 Å². The molecule has 72 valence electrons. The largest absolute Gasteiger partial charge is 0.356 e. The molecule has 2 rings (SSSR count). The summed E-state index contributed by atoms with van der Waals surface area (Å²) in [4.78, 5) is 11.3. The molecule has 0 bridgehead atoms. The van der Waals surface area contributed by atoms with Gasteiger partial charge in [0.2, 0.25) is 5.91 Å². The molecule has 1 heterocycles. The van der Waals surface area contributed by atoms with E-state index in [1.54, 1.807) is 5.57 Å². The van der Waals surface area contributed by atoms with Crippen LogP contribution in [-0.2, 0) is 4.79 Å². The lowest BCUT2D eigenvalue weighted by Gasteiger charge is -2.15. The fourth-order valence-corrected chi connectivity index (χ4v) is 2.12. The zero-order valence-electron chi connectivity index (χ0n) is 8.23. The van der Waals surface area contributed by atoms with Crippen molar-refractivity contribution >= 4 is 5.91 Å². The third kappa shape index (κ3) is 2.11. The van der Waals surface area contributed by atoms with E-state index in [9.17, 15) is 4.79 Å². The highest BCUT2D eigenvalue weighted by molar-refractivity contribution is 5.78. The standard InChI is InChI=1S/C11H17NO/c1-8-7-11(13)12-6-2-3-10(8)9-4-5-9/h9H,2-7H2,1H3,(H,12,13)/b10-8-. The molecule has 1 amide bonds. The van der Waals surface area contributed by atoms with Crippen LogP contribution in [0.4, 0.5) is 0 Å². The van der Waals surface area contributed by atoms with E-state index in [0.29, 0.717) is 6.42 Å². The van der Waals surface area contributed by atoms with Crippen LogP contribution in [0.5, 0.6) is 0 Å². The zero-order valence-corrected chi connectivity index (χ0v) is 8.23. The van der Waals surface area contributed by atoms with Gasteiger partial charge in [0.1, 0.15) is 0 Å². The van der Waals surface area contributed by atoms with Gasteiger partial charge in [-0.25, -0.2) is 0 Å². The number of amides is 1. The summed E-state index contributed by atoms with van der Waals surface area (Å²) in [6, 6.07) is 0. The minimum absolute atomic E-state index is 0.204. The summed E-state index contributed by atoms with van der Waals surface area (Å²) in [6.07, 6.45) is 5.67. The van der Waals surface area contributed by atoms with Crippen molar-refractivity contribution in [2.45, 2.75) is 39.0 Å². The Bertz CT molecular complexity index is 251. The van der Waals surface area contributed by atoms with Crippen molar-refractivity contribution in [2.75, 3.05) is 6.54 Å². The highest BCUT2D eigenvalue weighted by Gasteiger charge is 2.27. The second kappa shape index (κ2) is 3.52. The summed E-state index contributed by atoms with van der Waals surface area (Å²) in [5, 5.41) is 2.92. The van der Waals surface area contributed by atoms with Crippen LogP contribution in [0.25, 0.3) is 0 Å². The Morgan fingerprint density at radius 2 is 2.15 bits per heavy atom. The quantitative estimate of drug-likeness (QED) is 0.613. The first-order chi connectivity index (χ1) is 6.27. The topological polar surface area (TPSA) is 29.1 Å². The minimum Gasteiger partial charge on any atom is -0.356 e. The van der Waals surface area contributed by atoms with E-state index in [1.165, 1.54) is 24.8 Å². The van der Waals surface area contributed by atoms with Gasteiger partial charge in [-0.1, -0.05) is 11.1 Å². The lowest BCUT2D eigenvalue weighted by Crippen LogP contribution is -2.26. The average Bonchev–Trinajstić information content (AvgIpc) is 2.84. The van der Waals surface area contributed by atoms with Gasteiger partial charge in [-0.2, -0.15) is 0 Å².